The van der Waals surface area contributed by atoms with Crippen molar-refractivity contribution in [3.05, 3.63) is 45.4 Å². The highest BCUT2D eigenvalue weighted by atomic mass is 32.1. The van der Waals surface area contributed by atoms with Gasteiger partial charge in [-0.1, -0.05) is 19.1 Å². The lowest BCUT2D eigenvalue weighted by atomic mass is 10.1. The molecular formula is C20H30N4OS. The van der Waals surface area contributed by atoms with Crippen LogP contribution < -0.4 is 15.4 Å². The van der Waals surface area contributed by atoms with Crippen LogP contribution in [0.5, 0.6) is 5.75 Å². The van der Waals surface area contributed by atoms with Crippen molar-refractivity contribution in [1.82, 2.24) is 15.6 Å². The molecule has 5 nitrogen and oxygen atoms in total. The van der Waals surface area contributed by atoms with Gasteiger partial charge in [-0.15, -0.1) is 11.3 Å². The van der Waals surface area contributed by atoms with E-state index in [1.165, 1.54) is 15.4 Å². The number of aliphatic imine (C=N–C) groups is 1. The molecule has 0 atom stereocenters. The minimum atomic E-state index is 0.639. The minimum absolute atomic E-state index is 0.639. The van der Waals surface area contributed by atoms with Crippen LogP contribution in [0.15, 0.2) is 29.4 Å². The molecule has 0 aliphatic carbocycles. The lowest BCUT2D eigenvalue weighted by molar-refractivity contribution is 0.338. The lowest BCUT2D eigenvalue weighted by Crippen LogP contribution is -2.38. The number of nitrogens with zero attached hydrogens (tertiary/aromatic N) is 2. The van der Waals surface area contributed by atoms with E-state index in [4.69, 9.17) is 4.74 Å². The molecule has 0 bridgehead atoms. The molecule has 0 spiro atoms. The Morgan fingerprint density at radius 3 is 2.73 bits per heavy atom. The Morgan fingerprint density at radius 1 is 1.23 bits per heavy atom. The average molecular weight is 375 g/mol. The normalized spacial score (nSPS) is 11.5. The van der Waals surface area contributed by atoms with E-state index in [-0.39, 0.29) is 0 Å². The van der Waals surface area contributed by atoms with Crippen molar-refractivity contribution in [2.75, 3.05) is 19.7 Å². The Kier molecular flexibility index (Phi) is 8.41. The molecule has 26 heavy (non-hydrogen) atoms. The van der Waals surface area contributed by atoms with Crippen molar-refractivity contribution < 1.29 is 4.74 Å². The standard InChI is InChI=1S/C20H30N4OS/c1-5-17-14-23-19(26-17)10-11-22-20(21-6-2)24-13-16-8-9-18(25-7-3)15(4)12-16/h8-9,12,14H,5-7,10-11,13H2,1-4H3,(H2,21,22,24). The van der Waals surface area contributed by atoms with Crippen molar-refractivity contribution in [1.29, 1.82) is 0 Å². The van der Waals surface area contributed by atoms with Gasteiger partial charge in [-0.25, -0.2) is 9.98 Å². The Morgan fingerprint density at radius 2 is 2.08 bits per heavy atom. The number of ether oxygens (including phenoxy) is 1. The zero-order valence-corrected chi connectivity index (χ0v) is 17.1. The van der Waals surface area contributed by atoms with Crippen LogP contribution in [-0.4, -0.2) is 30.6 Å². The van der Waals surface area contributed by atoms with Crippen molar-refractivity contribution in [2.45, 2.75) is 47.1 Å². The maximum absolute atomic E-state index is 5.60. The lowest BCUT2D eigenvalue weighted by Gasteiger charge is -2.11. The van der Waals surface area contributed by atoms with E-state index in [9.17, 15) is 0 Å². The second kappa shape index (κ2) is 10.8. The van der Waals surface area contributed by atoms with E-state index in [0.717, 1.165) is 43.2 Å². The van der Waals surface area contributed by atoms with Gasteiger partial charge in [0.25, 0.3) is 0 Å². The number of benzene rings is 1. The fourth-order valence-corrected chi connectivity index (χ4v) is 3.42. The summed E-state index contributed by atoms with van der Waals surface area (Å²) >= 11 is 1.79. The summed E-state index contributed by atoms with van der Waals surface area (Å²) in [6, 6.07) is 6.24. The molecule has 6 heteroatoms. The number of aromatic nitrogens is 1. The third-order valence-corrected chi connectivity index (χ3v) is 5.09. The van der Waals surface area contributed by atoms with E-state index in [2.05, 4.69) is 53.5 Å². The molecule has 0 fully saturated rings. The van der Waals surface area contributed by atoms with Gasteiger partial charge in [-0.2, -0.15) is 0 Å². The van der Waals surface area contributed by atoms with Crippen LogP contribution in [0, 0.1) is 6.92 Å². The van der Waals surface area contributed by atoms with Gasteiger partial charge in [0.2, 0.25) is 0 Å². The van der Waals surface area contributed by atoms with Crippen molar-refractivity contribution in [2.24, 2.45) is 4.99 Å². The molecule has 0 aliphatic rings. The second-order valence-corrected chi connectivity index (χ2v) is 7.18. The number of guanidine groups is 1. The molecule has 0 radical (unpaired) electrons. The summed E-state index contributed by atoms with van der Waals surface area (Å²) < 4.78 is 5.60. The van der Waals surface area contributed by atoms with Crippen LogP contribution in [0.1, 0.15) is 41.8 Å². The molecule has 142 valence electrons. The van der Waals surface area contributed by atoms with Crippen LogP contribution in [0.2, 0.25) is 0 Å². The van der Waals surface area contributed by atoms with Crippen LogP contribution in [-0.2, 0) is 19.4 Å². The molecule has 0 saturated carbocycles. The number of aryl methyl sites for hydroxylation is 2. The summed E-state index contributed by atoms with van der Waals surface area (Å²) in [5, 5.41) is 7.87. The number of hydrogen-bond donors (Lipinski definition) is 2. The van der Waals surface area contributed by atoms with E-state index in [1.807, 2.05) is 19.2 Å². The molecule has 0 amide bonds. The first-order valence-electron chi connectivity index (χ1n) is 9.34. The van der Waals surface area contributed by atoms with Gasteiger partial charge in [-0.3, -0.25) is 0 Å². The third kappa shape index (κ3) is 6.33. The molecule has 0 unspecified atom stereocenters. The maximum atomic E-state index is 5.60. The molecule has 1 aromatic heterocycles. The van der Waals surface area contributed by atoms with Crippen LogP contribution in [0.25, 0.3) is 0 Å². The fourth-order valence-electron chi connectivity index (χ4n) is 2.55. The van der Waals surface area contributed by atoms with Gasteiger partial charge < -0.3 is 15.4 Å². The number of hydrogen-bond acceptors (Lipinski definition) is 4. The minimum Gasteiger partial charge on any atom is -0.494 e. The summed E-state index contributed by atoms with van der Waals surface area (Å²) in [7, 11) is 0. The van der Waals surface area contributed by atoms with Crippen molar-refractivity contribution >= 4 is 17.3 Å². The van der Waals surface area contributed by atoms with Gasteiger partial charge in [-0.05, 0) is 44.4 Å². The van der Waals surface area contributed by atoms with Crippen LogP contribution >= 0.6 is 11.3 Å². The Labute approximate surface area is 160 Å². The highest BCUT2D eigenvalue weighted by molar-refractivity contribution is 7.11. The van der Waals surface area contributed by atoms with Gasteiger partial charge in [0.1, 0.15) is 5.75 Å². The quantitative estimate of drug-likeness (QED) is 0.519. The summed E-state index contributed by atoms with van der Waals surface area (Å²) in [6.07, 6.45) is 3.95. The van der Waals surface area contributed by atoms with E-state index in [0.29, 0.717) is 13.2 Å². The molecule has 2 aromatic rings. The fraction of sp³-hybridized carbons (Fsp3) is 0.500. The van der Waals surface area contributed by atoms with Crippen LogP contribution in [0.3, 0.4) is 0 Å². The summed E-state index contributed by atoms with van der Waals surface area (Å²) in [5.74, 6) is 1.78. The topological polar surface area (TPSA) is 58.5 Å². The second-order valence-electron chi connectivity index (χ2n) is 5.98. The first-order chi connectivity index (χ1) is 12.7. The number of rotatable bonds is 9. The van der Waals surface area contributed by atoms with Crippen LogP contribution in [0.4, 0.5) is 0 Å². The largest absolute Gasteiger partial charge is 0.494 e. The average Bonchev–Trinajstić information content (AvgIpc) is 3.10. The van der Waals surface area contributed by atoms with Gasteiger partial charge in [0, 0.05) is 30.6 Å². The van der Waals surface area contributed by atoms with Gasteiger partial charge >= 0.3 is 0 Å². The molecule has 0 aliphatic heterocycles. The molecule has 2 N–H and O–H groups in total. The molecule has 2 rings (SSSR count). The number of thiazole rings is 1. The Balaban J connectivity index is 1.90. The Hall–Kier alpha value is -2.08. The zero-order valence-electron chi connectivity index (χ0n) is 16.3. The predicted molar refractivity (Wildman–Crippen MR) is 110 cm³/mol. The van der Waals surface area contributed by atoms with Gasteiger partial charge in [0.15, 0.2) is 5.96 Å². The number of nitrogens with one attached hydrogen (secondary N) is 2. The molecule has 1 aromatic carbocycles. The van der Waals surface area contributed by atoms with E-state index < -0.39 is 0 Å². The van der Waals surface area contributed by atoms with Gasteiger partial charge in [0.05, 0.1) is 18.2 Å². The molecule has 0 saturated heterocycles. The maximum Gasteiger partial charge on any atom is 0.191 e. The summed E-state index contributed by atoms with van der Waals surface area (Å²) in [5.41, 5.74) is 2.32. The highest BCUT2D eigenvalue weighted by Crippen LogP contribution is 2.19. The van der Waals surface area contributed by atoms with E-state index in [1.54, 1.807) is 11.3 Å². The first kappa shape index (κ1) is 20.2. The summed E-state index contributed by atoms with van der Waals surface area (Å²) in [6.45, 7) is 11.3. The van der Waals surface area contributed by atoms with Crippen molar-refractivity contribution in [3.8, 4) is 5.75 Å². The summed E-state index contributed by atoms with van der Waals surface area (Å²) in [4.78, 5) is 10.5. The van der Waals surface area contributed by atoms with E-state index >= 15 is 0 Å². The smallest absolute Gasteiger partial charge is 0.191 e. The molecular weight excluding hydrogens is 344 g/mol. The highest BCUT2D eigenvalue weighted by Gasteiger charge is 2.03. The monoisotopic (exact) mass is 374 g/mol. The zero-order chi connectivity index (χ0) is 18.8. The first-order valence-corrected chi connectivity index (χ1v) is 10.2. The Bertz CT molecular complexity index is 712. The van der Waals surface area contributed by atoms with Crippen molar-refractivity contribution in [3.63, 3.8) is 0 Å². The SMILES string of the molecule is CCNC(=NCc1ccc(OCC)c(C)c1)NCCc1ncc(CC)s1. The predicted octanol–water partition coefficient (Wildman–Crippen LogP) is 3.71. The molecule has 1 heterocycles. The third-order valence-electron chi connectivity index (χ3n) is 3.88.